The Morgan fingerprint density at radius 1 is 1.12 bits per heavy atom. The number of amides is 1. The molecule has 1 aliphatic rings. The van der Waals surface area contributed by atoms with Crippen LogP contribution in [0, 0.1) is 6.92 Å². The summed E-state index contributed by atoms with van der Waals surface area (Å²) >= 11 is 7.52. The van der Waals surface area contributed by atoms with Gasteiger partial charge in [-0.25, -0.2) is 4.79 Å². The third-order valence-electron chi connectivity index (χ3n) is 4.16. The third-order valence-corrected chi connectivity index (χ3v) is 5.74. The summed E-state index contributed by atoms with van der Waals surface area (Å²) in [5.41, 5.74) is 2.56. The summed E-state index contributed by atoms with van der Waals surface area (Å²) in [6.45, 7) is 1.97. The van der Waals surface area contributed by atoms with Crippen LogP contribution in [0.3, 0.4) is 0 Å². The maximum absolute atomic E-state index is 13.1. The quantitative estimate of drug-likeness (QED) is 0.758. The van der Waals surface area contributed by atoms with Crippen molar-refractivity contribution in [2.75, 3.05) is 12.9 Å². The van der Waals surface area contributed by atoms with Gasteiger partial charge < -0.3 is 9.64 Å². The number of hydrogen-bond donors (Lipinski definition) is 0. The lowest BCUT2D eigenvalue weighted by atomic mass is 10.1. The van der Waals surface area contributed by atoms with Crippen molar-refractivity contribution in [1.82, 2.24) is 4.90 Å². The second-order valence-corrected chi connectivity index (χ2v) is 7.40. The van der Waals surface area contributed by atoms with Gasteiger partial charge in [0.05, 0.1) is 7.11 Å². The van der Waals surface area contributed by atoms with Crippen LogP contribution in [0.1, 0.15) is 26.9 Å². The van der Waals surface area contributed by atoms with E-state index in [-0.39, 0.29) is 11.3 Å². The summed E-state index contributed by atoms with van der Waals surface area (Å²) in [7, 11) is 1.34. The van der Waals surface area contributed by atoms with Gasteiger partial charge in [0, 0.05) is 16.3 Å². The Hall–Kier alpha value is -1.98. The van der Waals surface area contributed by atoms with Crippen molar-refractivity contribution >= 4 is 35.2 Å². The Kier molecular flexibility index (Phi) is 5.35. The highest BCUT2D eigenvalue weighted by Crippen LogP contribution is 2.42. The van der Waals surface area contributed by atoms with Crippen molar-refractivity contribution in [2.24, 2.45) is 0 Å². The maximum atomic E-state index is 13.1. The standard InChI is InChI=1S/C19H18ClNO3S/c1-12-3-5-13(6-4-12)17(22)21-16(19(23)24-2)11-25-18(21)14-7-9-15(20)10-8-14/h3-10,16,18H,11H2,1-2H3. The number of hydrogen-bond acceptors (Lipinski definition) is 4. The Labute approximate surface area is 156 Å². The van der Waals surface area contributed by atoms with Gasteiger partial charge in [0.25, 0.3) is 5.91 Å². The molecule has 2 atom stereocenters. The maximum Gasteiger partial charge on any atom is 0.329 e. The molecule has 0 aliphatic carbocycles. The molecule has 1 heterocycles. The van der Waals surface area contributed by atoms with Crippen LogP contribution in [-0.4, -0.2) is 35.7 Å². The molecule has 3 rings (SSSR count). The summed E-state index contributed by atoms with van der Waals surface area (Å²) < 4.78 is 4.91. The number of aryl methyl sites for hydroxylation is 1. The van der Waals surface area contributed by atoms with Crippen LogP contribution in [-0.2, 0) is 9.53 Å². The first-order valence-electron chi connectivity index (χ1n) is 7.85. The van der Waals surface area contributed by atoms with E-state index < -0.39 is 12.0 Å². The SMILES string of the molecule is COC(=O)C1CSC(c2ccc(Cl)cc2)N1C(=O)c1ccc(C)cc1. The molecular formula is C19H18ClNO3S. The Bertz CT molecular complexity index is 776. The van der Waals surface area contributed by atoms with Crippen LogP contribution in [0.25, 0.3) is 0 Å². The van der Waals surface area contributed by atoms with E-state index in [1.54, 1.807) is 40.9 Å². The van der Waals surface area contributed by atoms with Gasteiger partial charge in [0.15, 0.2) is 0 Å². The number of carbonyl (C=O) groups excluding carboxylic acids is 2. The number of esters is 1. The van der Waals surface area contributed by atoms with Crippen LogP contribution in [0.2, 0.25) is 5.02 Å². The summed E-state index contributed by atoms with van der Waals surface area (Å²) in [5.74, 6) is -0.0813. The zero-order chi connectivity index (χ0) is 18.0. The van der Waals surface area contributed by atoms with Crippen molar-refractivity contribution in [3.8, 4) is 0 Å². The highest BCUT2D eigenvalue weighted by Gasteiger charge is 2.43. The molecule has 0 radical (unpaired) electrons. The first-order chi connectivity index (χ1) is 12.0. The minimum absolute atomic E-state index is 0.180. The van der Waals surface area contributed by atoms with E-state index >= 15 is 0 Å². The predicted octanol–water partition coefficient (Wildman–Crippen LogP) is 4.08. The summed E-state index contributed by atoms with van der Waals surface area (Å²) in [6.07, 6.45) is 0. The molecule has 1 aliphatic heterocycles. The number of carbonyl (C=O) groups is 2. The van der Waals surface area contributed by atoms with E-state index in [4.69, 9.17) is 16.3 Å². The predicted molar refractivity (Wildman–Crippen MR) is 99.8 cm³/mol. The normalized spacial score (nSPS) is 19.7. The van der Waals surface area contributed by atoms with Crippen molar-refractivity contribution in [3.05, 3.63) is 70.2 Å². The second-order valence-electron chi connectivity index (χ2n) is 5.85. The first kappa shape index (κ1) is 17.8. The molecular weight excluding hydrogens is 358 g/mol. The van der Waals surface area contributed by atoms with Crippen molar-refractivity contribution < 1.29 is 14.3 Å². The molecule has 6 heteroatoms. The number of nitrogens with zero attached hydrogens (tertiary/aromatic N) is 1. The van der Waals surface area contributed by atoms with Crippen molar-refractivity contribution in [3.63, 3.8) is 0 Å². The lowest BCUT2D eigenvalue weighted by Crippen LogP contribution is -2.43. The third kappa shape index (κ3) is 3.67. The number of benzene rings is 2. The zero-order valence-corrected chi connectivity index (χ0v) is 15.5. The number of methoxy groups -OCH3 is 1. The molecule has 1 amide bonds. The topological polar surface area (TPSA) is 46.6 Å². The van der Waals surface area contributed by atoms with Crippen LogP contribution in [0.15, 0.2) is 48.5 Å². The largest absolute Gasteiger partial charge is 0.467 e. The monoisotopic (exact) mass is 375 g/mol. The van der Waals surface area contributed by atoms with E-state index in [1.165, 1.54) is 7.11 Å². The van der Waals surface area contributed by atoms with Gasteiger partial charge in [-0.05, 0) is 36.8 Å². The highest BCUT2D eigenvalue weighted by molar-refractivity contribution is 7.99. The zero-order valence-electron chi connectivity index (χ0n) is 13.9. The fourth-order valence-corrected chi connectivity index (χ4v) is 4.34. The van der Waals surface area contributed by atoms with Gasteiger partial charge in [-0.1, -0.05) is 41.4 Å². The molecule has 1 fully saturated rings. The fraction of sp³-hybridized carbons (Fsp3) is 0.263. The Morgan fingerprint density at radius 2 is 1.76 bits per heavy atom. The Morgan fingerprint density at radius 3 is 2.36 bits per heavy atom. The van der Waals surface area contributed by atoms with Crippen LogP contribution in [0.5, 0.6) is 0 Å². The number of halogens is 1. The van der Waals surface area contributed by atoms with Gasteiger partial charge in [-0.2, -0.15) is 0 Å². The van der Waals surface area contributed by atoms with Gasteiger partial charge in [0.1, 0.15) is 11.4 Å². The minimum Gasteiger partial charge on any atom is -0.467 e. The molecule has 0 bridgehead atoms. The average Bonchev–Trinajstić information content (AvgIpc) is 3.06. The molecule has 0 spiro atoms. The second kappa shape index (κ2) is 7.50. The highest BCUT2D eigenvalue weighted by atomic mass is 35.5. The molecule has 0 N–H and O–H groups in total. The average molecular weight is 376 g/mol. The fourth-order valence-electron chi connectivity index (χ4n) is 2.80. The molecule has 2 aromatic carbocycles. The van der Waals surface area contributed by atoms with Gasteiger partial charge in [-0.3, -0.25) is 4.79 Å². The van der Waals surface area contributed by atoms with Gasteiger partial charge in [0.2, 0.25) is 0 Å². The molecule has 2 unspecified atom stereocenters. The van der Waals surface area contributed by atoms with Crippen LogP contribution < -0.4 is 0 Å². The minimum atomic E-state index is -0.607. The van der Waals surface area contributed by atoms with E-state index in [2.05, 4.69) is 0 Å². The van der Waals surface area contributed by atoms with Crippen molar-refractivity contribution in [2.45, 2.75) is 18.3 Å². The number of ether oxygens (including phenoxy) is 1. The van der Waals surface area contributed by atoms with E-state index in [1.807, 2.05) is 31.2 Å². The molecule has 130 valence electrons. The molecule has 4 nitrogen and oxygen atoms in total. The summed E-state index contributed by atoms with van der Waals surface area (Å²) in [4.78, 5) is 26.9. The molecule has 0 aromatic heterocycles. The number of thioether (sulfide) groups is 1. The van der Waals surface area contributed by atoms with E-state index in [0.29, 0.717) is 16.3 Å². The lowest BCUT2D eigenvalue weighted by molar-refractivity contribution is -0.145. The van der Waals surface area contributed by atoms with Crippen molar-refractivity contribution in [1.29, 1.82) is 0 Å². The first-order valence-corrected chi connectivity index (χ1v) is 9.28. The summed E-state index contributed by atoms with van der Waals surface area (Å²) in [6, 6.07) is 14.1. The van der Waals surface area contributed by atoms with Gasteiger partial charge >= 0.3 is 5.97 Å². The van der Waals surface area contributed by atoms with Crippen LogP contribution >= 0.6 is 23.4 Å². The van der Waals surface area contributed by atoms with E-state index in [0.717, 1.165) is 11.1 Å². The van der Waals surface area contributed by atoms with Gasteiger partial charge in [-0.15, -0.1) is 11.8 Å². The number of rotatable bonds is 3. The molecule has 1 saturated heterocycles. The molecule has 25 heavy (non-hydrogen) atoms. The van der Waals surface area contributed by atoms with Crippen LogP contribution in [0.4, 0.5) is 0 Å². The smallest absolute Gasteiger partial charge is 0.329 e. The molecule has 2 aromatic rings. The summed E-state index contributed by atoms with van der Waals surface area (Å²) in [5, 5.41) is 0.378. The van der Waals surface area contributed by atoms with E-state index in [9.17, 15) is 9.59 Å². The Balaban J connectivity index is 1.97. The molecule has 0 saturated carbocycles. The lowest BCUT2D eigenvalue weighted by Gasteiger charge is -2.28.